The summed E-state index contributed by atoms with van der Waals surface area (Å²) in [5, 5.41) is 3.45. The predicted octanol–water partition coefficient (Wildman–Crippen LogP) is 0.790. The molecule has 1 rings (SSSR count). The van der Waals surface area contributed by atoms with Crippen LogP contribution >= 0.6 is 0 Å². The van der Waals surface area contributed by atoms with Crippen LogP contribution in [0, 0.1) is 0 Å². The maximum Gasteiger partial charge on any atom is 0.0587 e. The molecule has 0 aromatic rings. The molecule has 1 N–H and O–H groups in total. The van der Waals surface area contributed by atoms with E-state index in [0.29, 0.717) is 12.1 Å². The SMILES string of the molecule is COCCNC1CCOC(C)C1. The van der Waals surface area contributed by atoms with Crippen LogP contribution in [0.1, 0.15) is 19.8 Å². The largest absolute Gasteiger partial charge is 0.383 e. The van der Waals surface area contributed by atoms with Crippen LogP contribution in [0.2, 0.25) is 0 Å². The average molecular weight is 173 g/mol. The van der Waals surface area contributed by atoms with E-state index in [4.69, 9.17) is 9.47 Å². The molecule has 2 unspecified atom stereocenters. The molecule has 0 spiro atoms. The lowest BCUT2D eigenvalue weighted by atomic mass is 10.0. The van der Waals surface area contributed by atoms with Crippen LogP contribution < -0.4 is 5.32 Å². The fourth-order valence-electron chi connectivity index (χ4n) is 1.55. The van der Waals surface area contributed by atoms with Gasteiger partial charge >= 0.3 is 0 Å². The summed E-state index contributed by atoms with van der Waals surface area (Å²) >= 11 is 0. The zero-order chi connectivity index (χ0) is 8.81. The van der Waals surface area contributed by atoms with Crippen LogP contribution in [0.4, 0.5) is 0 Å². The highest BCUT2D eigenvalue weighted by molar-refractivity contribution is 4.74. The fraction of sp³-hybridized carbons (Fsp3) is 1.00. The zero-order valence-corrected chi connectivity index (χ0v) is 8.01. The third-order valence-corrected chi connectivity index (χ3v) is 2.22. The number of ether oxygens (including phenoxy) is 2. The van der Waals surface area contributed by atoms with Gasteiger partial charge in [-0.05, 0) is 19.8 Å². The summed E-state index contributed by atoms with van der Waals surface area (Å²) in [5.74, 6) is 0. The number of hydrogen-bond acceptors (Lipinski definition) is 3. The summed E-state index contributed by atoms with van der Waals surface area (Å²) in [6, 6.07) is 0.629. The molecule has 0 amide bonds. The van der Waals surface area contributed by atoms with E-state index >= 15 is 0 Å². The number of rotatable bonds is 4. The van der Waals surface area contributed by atoms with Crippen molar-refractivity contribution in [2.24, 2.45) is 0 Å². The Kier molecular flexibility index (Phi) is 4.58. The molecule has 3 nitrogen and oxygen atoms in total. The van der Waals surface area contributed by atoms with Gasteiger partial charge in [0.15, 0.2) is 0 Å². The lowest BCUT2D eigenvalue weighted by Gasteiger charge is -2.27. The molecule has 12 heavy (non-hydrogen) atoms. The standard InChI is InChI=1S/C9H19NO2/c1-8-7-9(3-5-12-8)10-4-6-11-2/h8-10H,3-7H2,1-2H3. The van der Waals surface area contributed by atoms with Gasteiger partial charge in [-0.3, -0.25) is 0 Å². The normalized spacial score (nSPS) is 30.5. The second-order valence-electron chi connectivity index (χ2n) is 3.35. The van der Waals surface area contributed by atoms with Gasteiger partial charge in [-0.2, -0.15) is 0 Å². The molecule has 72 valence electrons. The van der Waals surface area contributed by atoms with E-state index in [1.807, 2.05) is 0 Å². The third kappa shape index (κ3) is 3.52. The summed E-state index contributed by atoms with van der Waals surface area (Å²) in [7, 11) is 1.73. The Hall–Kier alpha value is -0.120. The molecular weight excluding hydrogens is 154 g/mol. The predicted molar refractivity (Wildman–Crippen MR) is 48.3 cm³/mol. The first-order chi connectivity index (χ1) is 5.83. The molecule has 1 fully saturated rings. The lowest BCUT2D eigenvalue weighted by Crippen LogP contribution is -2.39. The molecule has 1 heterocycles. The molecule has 3 heteroatoms. The minimum absolute atomic E-state index is 0.416. The van der Waals surface area contributed by atoms with E-state index in [-0.39, 0.29) is 0 Å². The van der Waals surface area contributed by atoms with E-state index < -0.39 is 0 Å². The van der Waals surface area contributed by atoms with Crippen molar-refractivity contribution in [2.75, 3.05) is 26.9 Å². The van der Waals surface area contributed by atoms with Gasteiger partial charge in [-0.15, -0.1) is 0 Å². The van der Waals surface area contributed by atoms with Crippen molar-refractivity contribution in [3.63, 3.8) is 0 Å². The zero-order valence-electron chi connectivity index (χ0n) is 8.01. The smallest absolute Gasteiger partial charge is 0.0587 e. The van der Waals surface area contributed by atoms with E-state index in [1.54, 1.807) is 7.11 Å². The van der Waals surface area contributed by atoms with Crippen molar-refractivity contribution in [1.82, 2.24) is 5.32 Å². The van der Waals surface area contributed by atoms with Crippen LogP contribution in [0.3, 0.4) is 0 Å². The minimum Gasteiger partial charge on any atom is -0.383 e. The Labute approximate surface area is 74.4 Å². The molecular formula is C9H19NO2. The average Bonchev–Trinajstić information content (AvgIpc) is 2.05. The van der Waals surface area contributed by atoms with Gasteiger partial charge in [-0.1, -0.05) is 0 Å². The van der Waals surface area contributed by atoms with Crippen LogP contribution in [0.25, 0.3) is 0 Å². The van der Waals surface area contributed by atoms with Crippen molar-refractivity contribution in [3.05, 3.63) is 0 Å². The second kappa shape index (κ2) is 5.51. The first kappa shape index (κ1) is 9.96. The minimum atomic E-state index is 0.416. The molecule has 1 aliphatic rings. The van der Waals surface area contributed by atoms with Crippen molar-refractivity contribution >= 4 is 0 Å². The van der Waals surface area contributed by atoms with Crippen LogP contribution in [0.15, 0.2) is 0 Å². The topological polar surface area (TPSA) is 30.5 Å². The van der Waals surface area contributed by atoms with Gasteiger partial charge in [0.1, 0.15) is 0 Å². The maximum absolute atomic E-state index is 5.44. The molecule has 1 aliphatic heterocycles. The number of hydrogen-bond donors (Lipinski definition) is 1. The molecule has 1 saturated heterocycles. The van der Waals surface area contributed by atoms with Gasteiger partial charge < -0.3 is 14.8 Å². The Morgan fingerprint density at radius 2 is 2.42 bits per heavy atom. The summed E-state index contributed by atoms with van der Waals surface area (Å²) < 4.78 is 10.4. The molecule has 0 radical (unpaired) electrons. The number of nitrogens with one attached hydrogen (secondary N) is 1. The van der Waals surface area contributed by atoms with Crippen LogP contribution in [-0.2, 0) is 9.47 Å². The first-order valence-electron chi connectivity index (χ1n) is 4.67. The Bertz CT molecular complexity index is 119. The van der Waals surface area contributed by atoms with Gasteiger partial charge in [0.2, 0.25) is 0 Å². The fourth-order valence-corrected chi connectivity index (χ4v) is 1.55. The molecule has 0 bridgehead atoms. The quantitative estimate of drug-likeness (QED) is 0.638. The van der Waals surface area contributed by atoms with Gasteiger partial charge in [0.25, 0.3) is 0 Å². The highest BCUT2D eigenvalue weighted by atomic mass is 16.5. The van der Waals surface area contributed by atoms with E-state index in [1.165, 1.54) is 0 Å². The third-order valence-electron chi connectivity index (χ3n) is 2.22. The van der Waals surface area contributed by atoms with Crippen LogP contribution in [-0.4, -0.2) is 39.0 Å². The van der Waals surface area contributed by atoms with Crippen molar-refractivity contribution in [1.29, 1.82) is 0 Å². The summed E-state index contributed by atoms with van der Waals surface area (Å²) in [4.78, 5) is 0. The highest BCUT2D eigenvalue weighted by Gasteiger charge is 2.17. The Balaban J connectivity index is 2.06. The summed E-state index contributed by atoms with van der Waals surface area (Å²) in [5.41, 5.74) is 0. The number of methoxy groups -OCH3 is 1. The molecule has 0 aliphatic carbocycles. The van der Waals surface area contributed by atoms with Gasteiger partial charge in [-0.25, -0.2) is 0 Å². The van der Waals surface area contributed by atoms with Crippen molar-refractivity contribution < 1.29 is 9.47 Å². The van der Waals surface area contributed by atoms with Gasteiger partial charge in [0.05, 0.1) is 12.7 Å². The monoisotopic (exact) mass is 173 g/mol. The highest BCUT2D eigenvalue weighted by Crippen LogP contribution is 2.12. The maximum atomic E-state index is 5.44. The van der Waals surface area contributed by atoms with E-state index in [0.717, 1.165) is 32.6 Å². The van der Waals surface area contributed by atoms with Crippen LogP contribution in [0.5, 0.6) is 0 Å². The van der Waals surface area contributed by atoms with Crippen molar-refractivity contribution in [3.8, 4) is 0 Å². The van der Waals surface area contributed by atoms with E-state index in [9.17, 15) is 0 Å². The summed E-state index contributed by atoms with van der Waals surface area (Å²) in [6.45, 7) is 4.77. The lowest BCUT2D eigenvalue weighted by molar-refractivity contribution is 0.0123. The molecule has 0 aromatic heterocycles. The second-order valence-corrected chi connectivity index (χ2v) is 3.35. The Morgan fingerprint density at radius 1 is 1.58 bits per heavy atom. The molecule has 0 aromatic carbocycles. The van der Waals surface area contributed by atoms with E-state index in [2.05, 4.69) is 12.2 Å². The Morgan fingerprint density at radius 3 is 3.08 bits per heavy atom. The van der Waals surface area contributed by atoms with Gasteiger partial charge in [0, 0.05) is 26.3 Å². The summed E-state index contributed by atoms with van der Waals surface area (Å²) in [6.07, 6.45) is 2.68. The first-order valence-corrected chi connectivity index (χ1v) is 4.67. The molecule has 0 saturated carbocycles. The molecule has 2 atom stereocenters. The van der Waals surface area contributed by atoms with Crippen molar-refractivity contribution in [2.45, 2.75) is 31.9 Å².